The number of likely N-dealkylation sites (tertiary alicyclic amines) is 2. The number of carbonyl (C=O) groups excluding carboxylic acids is 1. The third-order valence-corrected chi connectivity index (χ3v) is 5.63. The van der Waals surface area contributed by atoms with Crippen LogP contribution in [0.4, 0.5) is 0 Å². The normalized spacial score (nSPS) is 23.5. The third kappa shape index (κ3) is 3.95. The molecule has 2 fully saturated rings. The van der Waals surface area contributed by atoms with Crippen LogP contribution in [0.1, 0.15) is 47.8 Å². The summed E-state index contributed by atoms with van der Waals surface area (Å²) in [7, 11) is 6.24. The molecule has 24 heavy (non-hydrogen) atoms. The van der Waals surface area contributed by atoms with Gasteiger partial charge >= 0.3 is 0 Å². The van der Waals surface area contributed by atoms with E-state index in [-0.39, 0.29) is 5.91 Å². The Morgan fingerprint density at radius 1 is 1.25 bits per heavy atom. The maximum Gasteiger partial charge on any atom is 0.272 e. The second-order valence-corrected chi connectivity index (χ2v) is 7.55. The van der Waals surface area contributed by atoms with Crippen molar-refractivity contribution in [3.05, 3.63) is 29.6 Å². The van der Waals surface area contributed by atoms with Crippen molar-refractivity contribution in [2.45, 2.75) is 31.7 Å². The van der Waals surface area contributed by atoms with Gasteiger partial charge in [-0.05, 0) is 83.0 Å². The van der Waals surface area contributed by atoms with E-state index in [1.165, 1.54) is 31.2 Å². The number of hydrogen-bond acceptors (Lipinski definition) is 4. The highest BCUT2D eigenvalue weighted by atomic mass is 16.2. The molecular weight excluding hydrogens is 300 g/mol. The van der Waals surface area contributed by atoms with Gasteiger partial charge in [-0.1, -0.05) is 0 Å². The molecular formula is C19H30N4O. The monoisotopic (exact) mass is 330 g/mol. The van der Waals surface area contributed by atoms with E-state index in [0.717, 1.165) is 26.2 Å². The van der Waals surface area contributed by atoms with E-state index < -0.39 is 0 Å². The number of carbonyl (C=O) groups is 1. The highest BCUT2D eigenvalue weighted by Gasteiger charge is 2.25. The molecule has 0 radical (unpaired) electrons. The van der Waals surface area contributed by atoms with Crippen LogP contribution in [0.3, 0.4) is 0 Å². The summed E-state index contributed by atoms with van der Waals surface area (Å²) in [6.07, 6.45) is 6.53. The van der Waals surface area contributed by atoms with Gasteiger partial charge in [-0.15, -0.1) is 0 Å². The molecule has 3 heterocycles. The zero-order chi connectivity index (χ0) is 17.1. The van der Waals surface area contributed by atoms with E-state index in [9.17, 15) is 4.79 Å². The number of rotatable bonds is 4. The van der Waals surface area contributed by atoms with E-state index in [2.05, 4.69) is 34.9 Å². The minimum atomic E-state index is 0.0522. The average molecular weight is 330 g/mol. The molecule has 0 aliphatic carbocycles. The molecule has 3 rings (SSSR count). The lowest BCUT2D eigenvalue weighted by atomic mass is 9.96. The Labute approximate surface area is 145 Å². The first kappa shape index (κ1) is 17.4. The van der Waals surface area contributed by atoms with Crippen molar-refractivity contribution in [2.75, 3.05) is 47.3 Å². The van der Waals surface area contributed by atoms with Gasteiger partial charge in [0.2, 0.25) is 0 Å². The fourth-order valence-corrected chi connectivity index (χ4v) is 4.01. The lowest BCUT2D eigenvalue weighted by molar-refractivity contribution is 0.0741. The lowest BCUT2D eigenvalue weighted by Gasteiger charge is -2.31. The van der Waals surface area contributed by atoms with E-state index in [1.807, 2.05) is 18.0 Å². The molecule has 0 saturated carbocycles. The minimum Gasteiger partial charge on any atom is -0.340 e. The zero-order valence-corrected chi connectivity index (χ0v) is 15.2. The summed E-state index contributed by atoms with van der Waals surface area (Å²) in [4.78, 5) is 23.7. The van der Waals surface area contributed by atoms with E-state index >= 15 is 0 Å². The number of aromatic nitrogens is 1. The molecule has 1 aromatic rings. The summed E-state index contributed by atoms with van der Waals surface area (Å²) in [5.41, 5.74) is 1.81. The van der Waals surface area contributed by atoms with Crippen molar-refractivity contribution in [2.24, 2.45) is 5.92 Å². The summed E-state index contributed by atoms with van der Waals surface area (Å²) in [5, 5.41) is 0. The topological polar surface area (TPSA) is 39.7 Å². The first-order valence-corrected chi connectivity index (χ1v) is 9.15. The van der Waals surface area contributed by atoms with Crippen LogP contribution in [-0.2, 0) is 0 Å². The number of amides is 1. The van der Waals surface area contributed by atoms with Gasteiger partial charge in [0.1, 0.15) is 5.69 Å². The van der Waals surface area contributed by atoms with Crippen LogP contribution in [-0.4, -0.2) is 72.9 Å². The van der Waals surface area contributed by atoms with Crippen molar-refractivity contribution in [3.63, 3.8) is 0 Å². The number of pyridine rings is 1. The van der Waals surface area contributed by atoms with E-state index in [0.29, 0.717) is 17.7 Å². The molecule has 0 spiro atoms. The highest BCUT2D eigenvalue weighted by Crippen LogP contribution is 2.30. The molecule has 0 aromatic carbocycles. The number of piperidine rings is 1. The molecule has 5 nitrogen and oxygen atoms in total. The van der Waals surface area contributed by atoms with Crippen molar-refractivity contribution in [3.8, 4) is 0 Å². The second-order valence-electron chi connectivity index (χ2n) is 7.55. The fourth-order valence-electron chi connectivity index (χ4n) is 4.01. The highest BCUT2D eigenvalue weighted by molar-refractivity contribution is 5.92. The van der Waals surface area contributed by atoms with Crippen molar-refractivity contribution < 1.29 is 4.79 Å². The van der Waals surface area contributed by atoms with Gasteiger partial charge in [0.15, 0.2) is 0 Å². The average Bonchev–Trinajstić information content (AvgIpc) is 3.02. The van der Waals surface area contributed by atoms with Gasteiger partial charge in [-0.25, -0.2) is 0 Å². The quantitative estimate of drug-likeness (QED) is 0.849. The smallest absolute Gasteiger partial charge is 0.272 e. The van der Waals surface area contributed by atoms with E-state index in [4.69, 9.17) is 0 Å². The number of nitrogens with zero attached hydrogens (tertiary/aromatic N) is 4. The predicted octanol–water partition coefficient (Wildman–Crippen LogP) is 2.26. The summed E-state index contributed by atoms with van der Waals surface area (Å²) < 4.78 is 0. The maximum absolute atomic E-state index is 12.8. The molecule has 2 saturated heterocycles. The predicted molar refractivity (Wildman–Crippen MR) is 96.0 cm³/mol. The van der Waals surface area contributed by atoms with Crippen LogP contribution >= 0.6 is 0 Å². The molecule has 0 unspecified atom stereocenters. The van der Waals surface area contributed by atoms with Crippen LogP contribution in [0.15, 0.2) is 18.3 Å². The molecule has 0 N–H and O–H groups in total. The molecule has 1 aromatic heterocycles. The molecule has 0 bridgehead atoms. The van der Waals surface area contributed by atoms with Crippen LogP contribution in [0.5, 0.6) is 0 Å². The minimum absolute atomic E-state index is 0.0522. The van der Waals surface area contributed by atoms with Crippen LogP contribution in [0.25, 0.3) is 0 Å². The van der Waals surface area contributed by atoms with Gasteiger partial charge < -0.3 is 9.80 Å². The van der Waals surface area contributed by atoms with Gasteiger partial charge in [-0.3, -0.25) is 14.7 Å². The fraction of sp³-hybridized carbons (Fsp3) is 0.684. The molecule has 132 valence electrons. The van der Waals surface area contributed by atoms with Gasteiger partial charge in [-0.2, -0.15) is 0 Å². The number of hydrogen-bond donors (Lipinski definition) is 0. The Hall–Kier alpha value is -1.46. The Morgan fingerprint density at radius 3 is 2.67 bits per heavy atom. The van der Waals surface area contributed by atoms with Crippen molar-refractivity contribution >= 4 is 5.91 Å². The Morgan fingerprint density at radius 2 is 2.00 bits per heavy atom. The summed E-state index contributed by atoms with van der Waals surface area (Å²) in [5.74, 6) is 0.663. The summed E-state index contributed by atoms with van der Waals surface area (Å²) in [6, 6.07) is 4.49. The van der Waals surface area contributed by atoms with Crippen LogP contribution in [0.2, 0.25) is 0 Å². The summed E-state index contributed by atoms with van der Waals surface area (Å²) >= 11 is 0. The SMILES string of the molecule is CN1CCC(CN(C)C(=O)c2cc([C@@H]3CCCN3C)ccn2)CC1. The largest absolute Gasteiger partial charge is 0.340 e. The van der Waals surface area contributed by atoms with E-state index in [1.54, 1.807) is 6.20 Å². The van der Waals surface area contributed by atoms with Gasteiger partial charge in [0.25, 0.3) is 5.91 Å². The molecule has 2 aliphatic rings. The van der Waals surface area contributed by atoms with Gasteiger partial charge in [0, 0.05) is 25.8 Å². The van der Waals surface area contributed by atoms with Gasteiger partial charge in [0.05, 0.1) is 0 Å². The van der Waals surface area contributed by atoms with Crippen LogP contribution in [0, 0.1) is 5.92 Å². The molecule has 5 heteroatoms. The maximum atomic E-state index is 12.8. The molecule has 1 atom stereocenters. The molecule has 2 aliphatic heterocycles. The zero-order valence-electron chi connectivity index (χ0n) is 15.2. The first-order chi connectivity index (χ1) is 11.5. The molecule has 1 amide bonds. The first-order valence-electron chi connectivity index (χ1n) is 9.15. The van der Waals surface area contributed by atoms with Crippen molar-refractivity contribution in [1.82, 2.24) is 19.7 Å². The Bertz CT molecular complexity index is 568. The van der Waals surface area contributed by atoms with Crippen molar-refractivity contribution in [1.29, 1.82) is 0 Å². The van der Waals surface area contributed by atoms with Crippen LogP contribution < -0.4 is 0 Å². The standard InChI is InChI=1S/C19H30N4O/c1-21-11-7-15(8-12-21)14-23(3)19(24)17-13-16(6-9-20-17)18-5-4-10-22(18)2/h6,9,13,15,18H,4-5,7-8,10-12,14H2,1-3H3/t18-/m0/s1. The Balaban J connectivity index is 1.63. The third-order valence-electron chi connectivity index (χ3n) is 5.63. The second kappa shape index (κ2) is 7.62. The lowest BCUT2D eigenvalue weighted by Crippen LogP contribution is -2.38. The summed E-state index contributed by atoms with van der Waals surface area (Å²) in [6.45, 7) is 4.23. The Kier molecular flexibility index (Phi) is 5.51.